The monoisotopic (exact) mass is 402 g/mol. The first kappa shape index (κ1) is 18.8. The number of fused-ring (bicyclic) bond motifs is 2. The number of hydrogen-bond donors (Lipinski definition) is 0. The molecule has 2 aromatic rings. The zero-order valence-electron chi connectivity index (χ0n) is 15.6. The summed E-state index contributed by atoms with van der Waals surface area (Å²) in [7, 11) is -1.78. The van der Waals surface area contributed by atoms with Gasteiger partial charge in [-0.3, -0.25) is 9.69 Å². The van der Waals surface area contributed by atoms with Gasteiger partial charge >= 0.3 is 0 Å². The van der Waals surface area contributed by atoms with Crippen LogP contribution in [0.15, 0.2) is 53.4 Å². The van der Waals surface area contributed by atoms with Crippen LogP contribution in [0.2, 0.25) is 0 Å². The van der Waals surface area contributed by atoms with Gasteiger partial charge in [0.1, 0.15) is 11.5 Å². The van der Waals surface area contributed by atoms with Crippen molar-refractivity contribution in [3.05, 3.63) is 54.1 Å². The number of ether oxygens (including phenoxy) is 2. The van der Waals surface area contributed by atoms with Crippen molar-refractivity contribution in [2.24, 2.45) is 0 Å². The first-order valence-electron chi connectivity index (χ1n) is 9.23. The van der Waals surface area contributed by atoms with Crippen molar-refractivity contribution in [1.82, 2.24) is 9.21 Å². The lowest BCUT2D eigenvalue weighted by molar-refractivity contribution is -0.0158. The van der Waals surface area contributed by atoms with Gasteiger partial charge in [-0.25, -0.2) is 12.7 Å². The van der Waals surface area contributed by atoms with E-state index in [4.69, 9.17) is 9.47 Å². The van der Waals surface area contributed by atoms with E-state index in [0.29, 0.717) is 19.6 Å². The maximum atomic E-state index is 12.5. The predicted octanol–water partition coefficient (Wildman–Crippen LogP) is 2.34. The lowest BCUT2D eigenvalue weighted by Gasteiger charge is -2.32. The number of amides is 1. The van der Waals surface area contributed by atoms with E-state index in [9.17, 15) is 13.2 Å². The Morgan fingerprint density at radius 1 is 1.07 bits per heavy atom. The SMILES string of the molecule is CN(CCCCN1C(=O)c2ccccc2S1(=O)=O)C1COc2ccccc2O1. The molecule has 0 saturated heterocycles. The van der Waals surface area contributed by atoms with Gasteiger partial charge in [-0.05, 0) is 44.2 Å². The van der Waals surface area contributed by atoms with Crippen molar-refractivity contribution in [1.29, 1.82) is 0 Å². The van der Waals surface area contributed by atoms with E-state index in [1.54, 1.807) is 18.2 Å². The minimum absolute atomic E-state index is 0.100. The smallest absolute Gasteiger partial charge is 0.269 e. The third-order valence-electron chi connectivity index (χ3n) is 5.02. The number of carbonyl (C=O) groups is 1. The summed E-state index contributed by atoms with van der Waals surface area (Å²) in [4.78, 5) is 14.5. The number of carbonyl (C=O) groups excluding carboxylic acids is 1. The molecule has 2 aliphatic rings. The molecule has 0 fully saturated rings. The zero-order chi connectivity index (χ0) is 19.7. The number of para-hydroxylation sites is 2. The van der Waals surface area contributed by atoms with E-state index in [-0.39, 0.29) is 23.2 Å². The first-order chi connectivity index (χ1) is 13.5. The molecule has 0 aliphatic carbocycles. The van der Waals surface area contributed by atoms with Crippen molar-refractivity contribution < 1.29 is 22.7 Å². The average Bonchev–Trinajstić information content (AvgIpc) is 2.91. The molecule has 0 saturated carbocycles. The van der Waals surface area contributed by atoms with Crippen LogP contribution in [-0.2, 0) is 10.0 Å². The molecule has 1 unspecified atom stereocenters. The van der Waals surface area contributed by atoms with E-state index >= 15 is 0 Å². The Morgan fingerprint density at radius 2 is 1.79 bits per heavy atom. The minimum atomic E-state index is -3.72. The van der Waals surface area contributed by atoms with Crippen LogP contribution in [0.5, 0.6) is 11.5 Å². The molecule has 148 valence electrons. The standard InChI is InChI=1S/C20H22N2O5S/c1-21(19-14-26-16-9-3-4-10-17(16)27-19)12-6-7-13-22-20(23)15-8-2-5-11-18(15)28(22,24)25/h2-5,8-11,19H,6-7,12-14H2,1H3. The predicted molar refractivity (Wildman–Crippen MR) is 103 cm³/mol. The van der Waals surface area contributed by atoms with E-state index in [0.717, 1.165) is 22.2 Å². The van der Waals surface area contributed by atoms with Gasteiger partial charge in [-0.15, -0.1) is 0 Å². The number of sulfonamides is 1. The molecular formula is C20H22N2O5S. The third-order valence-corrected chi connectivity index (χ3v) is 6.86. The Kier molecular flexibility index (Phi) is 4.99. The van der Waals surface area contributed by atoms with Gasteiger partial charge in [0.05, 0.1) is 5.56 Å². The molecule has 4 rings (SSSR count). The molecule has 7 nitrogen and oxygen atoms in total. The lowest BCUT2D eigenvalue weighted by atomic mass is 10.2. The average molecular weight is 402 g/mol. The number of benzene rings is 2. The number of likely N-dealkylation sites (N-methyl/N-ethyl adjacent to an activating group) is 1. The van der Waals surface area contributed by atoms with Crippen LogP contribution in [0.3, 0.4) is 0 Å². The molecule has 2 aromatic carbocycles. The maximum absolute atomic E-state index is 12.5. The van der Waals surface area contributed by atoms with Gasteiger partial charge in [-0.2, -0.15) is 0 Å². The summed E-state index contributed by atoms with van der Waals surface area (Å²) in [5.74, 6) is 1.02. The minimum Gasteiger partial charge on any atom is -0.484 e. The van der Waals surface area contributed by atoms with Crippen molar-refractivity contribution >= 4 is 15.9 Å². The van der Waals surface area contributed by atoms with E-state index in [1.165, 1.54) is 6.07 Å². The number of hydrogen-bond acceptors (Lipinski definition) is 6. The molecule has 28 heavy (non-hydrogen) atoms. The normalized spacial score (nSPS) is 19.7. The van der Waals surface area contributed by atoms with Crippen LogP contribution in [0.25, 0.3) is 0 Å². The summed E-state index contributed by atoms with van der Waals surface area (Å²) in [5, 5.41) is 0. The summed E-state index contributed by atoms with van der Waals surface area (Å²) < 4.78 is 37.8. The summed E-state index contributed by atoms with van der Waals surface area (Å²) in [5.41, 5.74) is 0.256. The lowest BCUT2D eigenvalue weighted by Crippen LogP contribution is -2.43. The Labute approximate surface area is 164 Å². The van der Waals surface area contributed by atoms with Crippen LogP contribution in [0.4, 0.5) is 0 Å². The Hall–Kier alpha value is -2.58. The van der Waals surface area contributed by atoms with Gasteiger partial charge < -0.3 is 9.47 Å². The fourth-order valence-electron chi connectivity index (χ4n) is 3.44. The molecule has 2 aliphatic heterocycles. The Balaban J connectivity index is 1.29. The van der Waals surface area contributed by atoms with Gasteiger partial charge in [0, 0.05) is 13.1 Å². The number of nitrogens with zero attached hydrogens (tertiary/aromatic N) is 2. The highest BCUT2D eigenvalue weighted by atomic mass is 32.2. The maximum Gasteiger partial charge on any atom is 0.269 e. The molecule has 0 bridgehead atoms. The first-order valence-corrected chi connectivity index (χ1v) is 10.7. The number of rotatable bonds is 6. The quantitative estimate of drug-likeness (QED) is 0.691. The largest absolute Gasteiger partial charge is 0.484 e. The fraction of sp³-hybridized carbons (Fsp3) is 0.350. The Bertz CT molecular complexity index is 992. The zero-order valence-corrected chi connectivity index (χ0v) is 16.4. The van der Waals surface area contributed by atoms with E-state index in [2.05, 4.69) is 0 Å². The summed E-state index contributed by atoms with van der Waals surface area (Å²) in [6.45, 7) is 1.31. The van der Waals surface area contributed by atoms with Crippen LogP contribution in [0.1, 0.15) is 23.2 Å². The van der Waals surface area contributed by atoms with Crippen molar-refractivity contribution in [3.63, 3.8) is 0 Å². The Morgan fingerprint density at radius 3 is 2.57 bits per heavy atom. The fourth-order valence-corrected chi connectivity index (χ4v) is 5.05. The second kappa shape index (κ2) is 7.44. The molecule has 0 spiro atoms. The molecule has 1 amide bonds. The van der Waals surface area contributed by atoms with Crippen LogP contribution in [-0.4, -0.2) is 56.5 Å². The molecule has 0 radical (unpaired) electrons. The summed E-state index contributed by atoms with van der Waals surface area (Å²) >= 11 is 0. The van der Waals surface area contributed by atoms with Crippen molar-refractivity contribution in [3.8, 4) is 11.5 Å². The second-order valence-corrected chi connectivity index (χ2v) is 8.73. The molecule has 0 aromatic heterocycles. The van der Waals surface area contributed by atoms with Gasteiger partial charge in [0.25, 0.3) is 15.9 Å². The van der Waals surface area contributed by atoms with E-state index in [1.807, 2.05) is 36.2 Å². The second-order valence-electron chi connectivity index (χ2n) is 6.90. The van der Waals surface area contributed by atoms with Gasteiger partial charge in [0.15, 0.2) is 17.7 Å². The highest BCUT2D eigenvalue weighted by Gasteiger charge is 2.40. The van der Waals surface area contributed by atoms with Crippen LogP contribution >= 0.6 is 0 Å². The van der Waals surface area contributed by atoms with Crippen molar-refractivity contribution in [2.45, 2.75) is 24.0 Å². The van der Waals surface area contributed by atoms with Crippen LogP contribution in [0, 0.1) is 0 Å². The van der Waals surface area contributed by atoms with Gasteiger partial charge in [0.2, 0.25) is 0 Å². The number of unbranched alkanes of at least 4 members (excludes halogenated alkanes) is 1. The van der Waals surface area contributed by atoms with Gasteiger partial charge in [-0.1, -0.05) is 24.3 Å². The molecule has 0 N–H and O–H groups in total. The third kappa shape index (κ3) is 3.33. The van der Waals surface area contributed by atoms with Crippen LogP contribution < -0.4 is 9.47 Å². The molecular weight excluding hydrogens is 380 g/mol. The summed E-state index contributed by atoms with van der Waals surface area (Å²) in [6.07, 6.45) is 1.11. The van der Waals surface area contributed by atoms with E-state index < -0.39 is 15.9 Å². The molecule has 8 heteroatoms. The molecule has 1 atom stereocenters. The topological polar surface area (TPSA) is 76.2 Å². The highest BCUT2D eigenvalue weighted by molar-refractivity contribution is 7.90. The highest BCUT2D eigenvalue weighted by Crippen LogP contribution is 2.32. The molecule has 2 heterocycles. The summed E-state index contributed by atoms with van der Waals surface area (Å²) in [6, 6.07) is 13.9. The van der Waals surface area contributed by atoms with Crippen molar-refractivity contribution in [2.75, 3.05) is 26.7 Å².